The number of hydrogen-bond donors (Lipinski definition) is 0. The van der Waals surface area contributed by atoms with Gasteiger partial charge in [0.1, 0.15) is 0 Å². The fraction of sp³-hybridized carbons (Fsp3) is 0.500. The van der Waals surface area contributed by atoms with Gasteiger partial charge in [-0.05, 0) is 0 Å². The number of hydrogen-bond acceptors (Lipinski definition) is 0. The normalized spacial score (nSPS) is 11.2. The maximum absolute atomic E-state index is 2.41. The quantitative estimate of drug-likeness (QED) is 0.572. The summed E-state index contributed by atoms with van der Waals surface area (Å²) in [7, 11) is 0. The topological polar surface area (TPSA) is 0 Å². The monoisotopic (exact) mass is 368 g/mol. The molecule has 0 fully saturated rings. The first-order valence-corrected chi connectivity index (χ1v) is 16.1. The summed E-state index contributed by atoms with van der Waals surface area (Å²) in [5.74, 6) is 0. The van der Waals surface area contributed by atoms with Gasteiger partial charge in [-0.2, -0.15) is 0 Å². The second-order valence-corrected chi connectivity index (χ2v) is 21.5. The van der Waals surface area contributed by atoms with Gasteiger partial charge in [0.25, 0.3) is 0 Å². The summed E-state index contributed by atoms with van der Waals surface area (Å²) in [5.41, 5.74) is 6.43. The molecule has 2 rings (SSSR count). The Bertz CT molecular complexity index is 537. The van der Waals surface area contributed by atoms with Crippen LogP contribution in [0.15, 0.2) is 0 Å². The molecule has 0 unspecified atom stereocenters. The van der Waals surface area contributed by atoms with Gasteiger partial charge in [0, 0.05) is 0 Å². The van der Waals surface area contributed by atoms with Gasteiger partial charge in [0.15, 0.2) is 0 Å². The molecule has 0 aliphatic rings. The predicted octanol–water partition coefficient (Wildman–Crippen LogP) is 6.44. The van der Waals surface area contributed by atoms with Gasteiger partial charge in [0.2, 0.25) is 0 Å². The van der Waals surface area contributed by atoms with Crippen LogP contribution < -0.4 is 0 Å². The van der Waals surface area contributed by atoms with Crippen LogP contribution in [0.3, 0.4) is 0 Å². The zero-order chi connectivity index (χ0) is 14.5. The second kappa shape index (κ2) is 5.68. The van der Waals surface area contributed by atoms with E-state index in [-0.39, 0.29) is 31.7 Å². The molecule has 102 valence electrons. The summed E-state index contributed by atoms with van der Waals surface area (Å²) in [4.78, 5) is 0.282. The van der Waals surface area contributed by atoms with Crippen molar-refractivity contribution in [1.82, 2.24) is 0 Å². The standard InChI is InChI=1S/2C8H12P.Zr/c2*1-5-6(2)8(4)9-7(5)3;/h2*1-4H3;/q2*-1;+2. The molecular formula is C16H24P2Zr. The Labute approximate surface area is 130 Å². The van der Waals surface area contributed by atoms with E-state index < -0.39 is 0 Å². The molecule has 0 nitrogen and oxygen atoms in total. The van der Waals surface area contributed by atoms with Crippen LogP contribution in [0.4, 0.5) is 0 Å². The van der Waals surface area contributed by atoms with E-state index in [0.29, 0.717) is 0 Å². The van der Waals surface area contributed by atoms with Crippen LogP contribution in [0.1, 0.15) is 43.4 Å². The predicted molar refractivity (Wildman–Crippen MR) is 87.0 cm³/mol. The Morgan fingerprint density at radius 2 is 0.684 bits per heavy atom. The molecular weight excluding hydrogens is 345 g/mol. The minimum absolute atomic E-state index is 0.141. The first-order valence-electron chi connectivity index (χ1n) is 6.84. The third kappa shape index (κ3) is 2.52. The van der Waals surface area contributed by atoms with Gasteiger partial charge in [-0.25, -0.2) is 0 Å². The molecule has 0 saturated carbocycles. The van der Waals surface area contributed by atoms with Gasteiger partial charge in [-0.3, -0.25) is 0 Å². The molecule has 19 heavy (non-hydrogen) atoms. The second-order valence-electron chi connectivity index (χ2n) is 5.61. The van der Waals surface area contributed by atoms with E-state index in [1.165, 1.54) is 0 Å². The molecule has 0 radical (unpaired) electrons. The first-order chi connectivity index (χ1) is 8.77. The molecule has 0 amide bonds. The van der Waals surface area contributed by atoms with Crippen LogP contribution in [-0.2, 0) is 22.1 Å². The summed E-state index contributed by atoms with van der Waals surface area (Å²) in [5, 5.41) is 7.01. The zero-order valence-electron chi connectivity index (χ0n) is 13.4. The van der Waals surface area contributed by atoms with Gasteiger partial charge in [0.05, 0.1) is 0 Å². The van der Waals surface area contributed by atoms with Crippen molar-refractivity contribution >= 4 is 9.65 Å². The average Bonchev–Trinajstić information content (AvgIpc) is 2.68. The van der Waals surface area contributed by atoms with E-state index in [2.05, 4.69) is 55.4 Å². The van der Waals surface area contributed by atoms with Crippen molar-refractivity contribution in [3.63, 3.8) is 0 Å². The summed E-state index contributed by atoms with van der Waals surface area (Å²) in [6, 6.07) is 0. The van der Waals surface area contributed by atoms with Gasteiger partial charge in [-0.1, -0.05) is 0 Å². The van der Waals surface area contributed by atoms with Crippen LogP contribution in [0, 0.1) is 55.4 Å². The molecule has 3 heteroatoms. The van der Waals surface area contributed by atoms with E-state index in [4.69, 9.17) is 0 Å². The summed E-state index contributed by atoms with van der Waals surface area (Å²) in [6.45, 7) is 19.0. The number of rotatable bonds is 2. The van der Waals surface area contributed by atoms with E-state index in [0.717, 1.165) is 0 Å². The first kappa shape index (κ1) is 15.8. The van der Waals surface area contributed by atoms with Crippen molar-refractivity contribution < 1.29 is 22.1 Å². The third-order valence-electron chi connectivity index (χ3n) is 4.84. The van der Waals surface area contributed by atoms with Crippen LogP contribution in [0.5, 0.6) is 0 Å². The van der Waals surface area contributed by atoms with E-state index >= 15 is 0 Å². The molecule has 0 atom stereocenters. The van der Waals surface area contributed by atoms with Crippen LogP contribution in [0.25, 0.3) is 0 Å². The molecule has 0 spiro atoms. The van der Waals surface area contributed by atoms with E-state index in [1.807, 2.05) is 0 Å². The van der Waals surface area contributed by atoms with Crippen LogP contribution >= 0.6 is 9.65 Å². The SMILES string of the molecule is Cc1c(C)c(C)[p]([Zr][p]2c(C)c(C)c(C)c2C)c1C. The molecule has 0 aliphatic heterocycles. The van der Waals surface area contributed by atoms with E-state index in [9.17, 15) is 0 Å². The van der Waals surface area contributed by atoms with Crippen LogP contribution in [0.2, 0.25) is 0 Å². The van der Waals surface area contributed by atoms with Crippen molar-refractivity contribution in [2.24, 2.45) is 0 Å². The molecule has 0 N–H and O–H groups in total. The zero-order valence-corrected chi connectivity index (χ0v) is 17.6. The Hall–Kier alpha value is 0.443. The average molecular weight is 370 g/mol. The van der Waals surface area contributed by atoms with Gasteiger partial charge < -0.3 is 0 Å². The molecule has 2 heterocycles. The molecule has 2 aromatic rings. The van der Waals surface area contributed by atoms with Crippen molar-refractivity contribution in [1.29, 1.82) is 0 Å². The molecule has 0 aromatic carbocycles. The van der Waals surface area contributed by atoms with Crippen molar-refractivity contribution in [2.45, 2.75) is 55.4 Å². The Balaban J connectivity index is 2.54. The molecule has 2 aromatic heterocycles. The third-order valence-corrected chi connectivity index (χ3v) is 29.2. The molecule has 0 bridgehead atoms. The van der Waals surface area contributed by atoms with Gasteiger partial charge in [-0.15, -0.1) is 0 Å². The van der Waals surface area contributed by atoms with Crippen LogP contribution in [-0.4, -0.2) is 0 Å². The summed E-state index contributed by atoms with van der Waals surface area (Å²) in [6.07, 6.45) is 0. The molecule has 0 saturated heterocycles. The fourth-order valence-electron chi connectivity index (χ4n) is 2.66. The Kier molecular flexibility index (Phi) is 4.73. The molecule has 0 aliphatic carbocycles. The fourth-order valence-corrected chi connectivity index (χ4v) is 31.5. The Morgan fingerprint density at radius 1 is 0.474 bits per heavy atom. The van der Waals surface area contributed by atoms with E-state index in [1.54, 1.807) is 43.4 Å². The summed E-state index contributed by atoms with van der Waals surface area (Å²) < 4.78 is 0. The Morgan fingerprint density at radius 3 is 0.895 bits per heavy atom. The van der Waals surface area contributed by atoms with Crippen molar-refractivity contribution in [3.05, 3.63) is 43.4 Å². The minimum atomic E-state index is -0.379. The van der Waals surface area contributed by atoms with Gasteiger partial charge >= 0.3 is 131 Å². The summed E-state index contributed by atoms with van der Waals surface area (Å²) >= 11 is -0.379. The maximum atomic E-state index is 2.41. The van der Waals surface area contributed by atoms with Crippen molar-refractivity contribution in [2.75, 3.05) is 0 Å². The van der Waals surface area contributed by atoms with Crippen molar-refractivity contribution in [3.8, 4) is 0 Å².